The Labute approximate surface area is 221 Å². The summed E-state index contributed by atoms with van der Waals surface area (Å²) in [6.07, 6.45) is 2.85. The SMILES string of the molecule is COc1cc(/C=C(/CC[C@H]2OB(O)C[C@H]3C2=C(C(C)C)CS3(=O)=O)c2ccccc2)cc(I)c1O. The zero-order chi connectivity index (χ0) is 25.3. The van der Waals surface area contributed by atoms with Gasteiger partial charge in [0.15, 0.2) is 21.3 Å². The maximum atomic E-state index is 12.9. The molecule has 1 saturated heterocycles. The van der Waals surface area contributed by atoms with Crippen molar-refractivity contribution in [2.45, 2.75) is 44.4 Å². The minimum atomic E-state index is -3.33. The minimum Gasteiger partial charge on any atom is -0.504 e. The minimum absolute atomic E-state index is 0.0460. The number of sulfone groups is 1. The van der Waals surface area contributed by atoms with Crippen molar-refractivity contribution in [2.24, 2.45) is 5.92 Å². The molecule has 0 bridgehead atoms. The van der Waals surface area contributed by atoms with Gasteiger partial charge in [0.2, 0.25) is 0 Å². The zero-order valence-corrected chi connectivity index (χ0v) is 23.0. The molecular weight excluding hydrogens is 578 g/mol. The third-order valence-corrected chi connectivity index (χ3v) is 9.57. The average molecular weight is 608 g/mol. The van der Waals surface area contributed by atoms with Crippen LogP contribution in [0.3, 0.4) is 0 Å². The van der Waals surface area contributed by atoms with E-state index in [-0.39, 0.29) is 23.7 Å². The van der Waals surface area contributed by atoms with E-state index in [9.17, 15) is 18.5 Å². The van der Waals surface area contributed by atoms with Crippen molar-refractivity contribution in [3.05, 3.63) is 68.3 Å². The molecule has 35 heavy (non-hydrogen) atoms. The quantitative estimate of drug-likeness (QED) is 0.200. The number of ether oxygens (including phenoxy) is 1. The van der Waals surface area contributed by atoms with Gasteiger partial charge in [-0.05, 0) is 81.3 Å². The van der Waals surface area contributed by atoms with Crippen molar-refractivity contribution in [1.82, 2.24) is 0 Å². The number of rotatable bonds is 7. The van der Waals surface area contributed by atoms with Crippen LogP contribution in [0.25, 0.3) is 11.6 Å². The number of halogens is 1. The third-order valence-electron chi connectivity index (χ3n) is 6.72. The largest absolute Gasteiger partial charge is 0.504 e. The second-order valence-electron chi connectivity index (χ2n) is 9.37. The Morgan fingerprint density at radius 3 is 2.66 bits per heavy atom. The van der Waals surface area contributed by atoms with Crippen LogP contribution < -0.4 is 4.74 Å². The summed E-state index contributed by atoms with van der Waals surface area (Å²) in [5.74, 6) is 0.657. The smallest absolute Gasteiger partial charge is 0.456 e. The fourth-order valence-electron chi connectivity index (χ4n) is 4.99. The molecule has 4 rings (SSSR count). The van der Waals surface area contributed by atoms with Gasteiger partial charge in [0, 0.05) is 6.32 Å². The van der Waals surface area contributed by atoms with Crippen molar-refractivity contribution in [3.63, 3.8) is 0 Å². The summed E-state index contributed by atoms with van der Waals surface area (Å²) in [7, 11) is -2.90. The average Bonchev–Trinajstić information content (AvgIpc) is 3.10. The van der Waals surface area contributed by atoms with Gasteiger partial charge in [-0.2, -0.15) is 0 Å². The van der Waals surface area contributed by atoms with E-state index in [0.717, 1.165) is 27.8 Å². The number of hydrogen-bond acceptors (Lipinski definition) is 6. The van der Waals surface area contributed by atoms with Crippen LogP contribution in [0, 0.1) is 9.49 Å². The summed E-state index contributed by atoms with van der Waals surface area (Å²) in [6, 6.07) is 13.7. The molecule has 9 heteroatoms. The predicted molar refractivity (Wildman–Crippen MR) is 148 cm³/mol. The molecule has 2 atom stereocenters. The number of benzene rings is 2. The van der Waals surface area contributed by atoms with Gasteiger partial charge in [-0.25, -0.2) is 8.42 Å². The second kappa shape index (κ2) is 10.7. The first kappa shape index (κ1) is 26.3. The molecule has 6 nitrogen and oxygen atoms in total. The standard InChI is InChI=1S/C26H30BIO6S/c1-16(2)20-15-35(31,32)24-14-27(30)34-22(25(20)24)10-9-19(18-7-5-4-6-8-18)11-17-12-21(28)26(29)23(13-17)33-3/h4-8,11-13,16,22,24,29-30H,9-10,14-15H2,1-3H3/b19-11-/t22-,24+/m1/s1. The van der Waals surface area contributed by atoms with Crippen molar-refractivity contribution in [1.29, 1.82) is 0 Å². The van der Waals surface area contributed by atoms with Gasteiger partial charge >= 0.3 is 7.12 Å². The van der Waals surface area contributed by atoms with E-state index < -0.39 is 28.3 Å². The summed E-state index contributed by atoms with van der Waals surface area (Å²) in [6.45, 7) is 4.02. The zero-order valence-electron chi connectivity index (χ0n) is 20.1. The highest BCUT2D eigenvalue weighted by Gasteiger charge is 2.48. The lowest BCUT2D eigenvalue weighted by Gasteiger charge is -2.32. The number of hydrogen-bond donors (Lipinski definition) is 2. The maximum absolute atomic E-state index is 12.9. The Hall–Kier alpha value is -1.82. The number of methoxy groups -OCH3 is 1. The molecule has 0 aliphatic carbocycles. The molecule has 0 saturated carbocycles. The Balaban J connectivity index is 1.69. The van der Waals surface area contributed by atoms with Crippen LogP contribution in [0.4, 0.5) is 0 Å². The van der Waals surface area contributed by atoms with Gasteiger partial charge in [-0.15, -0.1) is 0 Å². The van der Waals surface area contributed by atoms with Gasteiger partial charge in [-0.1, -0.05) is 50.3 Å². The molecule has 2 heterocycles. The van der Waals surface area contributed by atoms with Gasteiger partial charge in [0.25, 0.3) is 0 Å². The molecule has 0 aromatic heterocycles. The van der Waals surface area contributed by atoms with Gasteiger partial charge < -0.3 is 19.5 Å². The predicted octanol–water partition coefficient (Wildman–Crippen LogP) is 4.96. The first-order valence-corrected chi connectivity index (χ1v) is 14.5. The topological polar surface area (TPSA) is 93.1 Å². The Kier molecular flexibility index (Phi) is 8.00. The summed E-state index contributed by atoms with van der Waals surface area (Å²) in [5, 5.41) is 19.9. The monoisotopic (exact) mass is 608 g/mol. The molecule has 1 fully saturated rings. The number of allylic oxidation sites excluding steroid dienone is 1. The first-order valence-electron chi connectivity index (χ1n) is 11.7. The van der Waals surface area contributed by atoms with Crippen molar-refractivity contribution >= 4 is 51.2 Å². The van der Waals surface area contributed by atoms with Crippen LogP contribution in [-0.4, -0.2) is 49.9 Å². The summed E-state index contributed by atoms with van der Waals surface area (Å²) in [4.78, 5) is 0. The maximum Gasteiger partial charge on any atom is 0.456 e. The lowest BCUT2D eigenvalue weighted by molar-refractivity contribution is 0.170. The van der Waals surface area contributed by atoms with Crippen LogP contribution >= 0.6 is 22.6 Å². The first-order chi connectivity index (χ1) is 16.6. The lowest BCUT2D eigenvalue weighted by atomic mass is 9.73. The van der Waals surface area contributed by atoms with Crippen LogP contribution in [0.5, 0.6) is 11.5 Å². The van der Waals surface area contributed by atoms with Crippen molar-refractivity contribution in [3.8, 4) is 11.5 Å². The summed E-state index contributed by atoms with van der Waals surface area (Å²) < 4.78 is 37.7. The molecule has 0 unspecified atom stereocenters. The molecule has 2 aromatic carbocycles. The summed E-state index contributed by atoms with van der Waals surface area (Å²) >= 11 is 2.08. The molecule has 2 aromatic rings. The van der Waals surface area contributed by atoms with Crippen molar-refractivity contribution in [2.75, 3.05) is 12.9 Å². The van der Waals surface area contributed by atoms with E-state index in [1.54, 1.807) is 6.07 Å². The fourth-order valence-corrected chi connectivity index (χ4v) is 7.89. The molecule has 186 valence electrons. The molecule has 0 radical (unpaired) electrons. The lowest BCUT2D eigenvalue weighted by Crippen LogP contribution is -2.42. The van der Waals surface area contributed by atoms with E-state index >= 15 is 0 Å². The highest BCUT2D eigenvalue weighted by atomic mass is 127. The van der Waals surface area contributed by atoms with Crippen LogP contribution in [-0.2, 0) is 14.5 Å². The van der Waals surface area contributed by atoms with Crippen molar-refractivity contribution < 1.29 is 27.9 Å². The van der Waals surface area contributed by atoms with Gasteiger partial charge in [0.1, 0.15) is 0 Å². The normalized spacial score (nSPS) is 22.0. The highest BCUT2D eigenvalue weighted by Crippen LogP contribution is 2.42. The second-order valence-corrected chi connectivity index (χ2v) is 12.7. The van der Waals surface area contributed by atoms with Crippen LogP contribution in [0.2, 0.25) is 6.32 Å². The highest BCUT2D eigenvalue weighted by molar-refractivity contribution is 14.1. The Morgan fingerprint density at radius 2 is 2.00 bits per heavy atom. The number of phenols is 1. The fraction of sp³-hybridized carbons (Fsp3) is 0.385. The molecular formula is C26H30BIO6S. The molecule has 2 N–H and O–H groups in total. The van der Waals surface area contributed by atoms with Gasteiger partial charge in [0.05, 0.1) is 27.8 Å². The number of fused-ring (bicyclic) bond motifs is 1. The Morgan fingerprint density at radius 1 is 1.29 bits per heavy atom. The van der Waals surface area contributed by atoms with E-state index in [4.69, 9.17) is 9.39 Å². The van der Waals surface area contributed by atoms with E-state index in [1.807, 2.05) is 50.2 Å². The van der Waals surface area contributed by atoms with Crippen LogP contribution in [0.15, 0.2) is 53.6 Å². The molecule has 2 aliphatic heterocycles. The molecule has 0 amide bonds. The van der Waals surface area contributed by atoms with E-state index in [2.05, 4.69) is 28.7 Å². The number of aromatic hydroxyl groups is 1. The van der Waals surface area contributed by atoms with Gasteiger partial charge in [-0.3, -0.25) is 0 Å². The molecule has 0 spiro atoms. The third kappa shape index (κ3) is 5.63. The number of phenolic OH excluding ortho intramolecular Hbond substituents is 1. The van der Waals surface area contributed by atoms with Crippen LogP contribution in [0.1, 0.15) is 37.8 Å². The van der Waals surface area contributed by atoms with E-state index in [1.165, 1.54) is 7.11 Å². The Bertz CT molecular complexity index is 1260. The van der Waals surface area contributed by atoms with E-state index in [0.29, 0.717) is 22.2 Å². The molecule has 2 aliphatic rings. The summed E-state index contributed by atoms with van der Waals surface area (Å²) in [5.41, 5.74) is 4.74.